The standard InChI is InChI=1S/C33H30Cl2FN3O4/c1-3-43-31(41)21-11-10-20(13-17(21)2)38-16-26-27(30(38)40)28(22-5-4-6-24(35)29(22)36)33(39(26)15-18-7-8-18)23-12-9-19(34)14-25(23)37-32(33)42/h4-6,9-14,18,26-28H,3,7-8,15-16H2,1-2H3,(H,37,42)/t26-,27+,28-,33+/m0/s1. The van der Waals surface area contributed by atoms with Gasteiger partial charge in [-0.1, -0.05) is 41.4 Å². The van der Waals surface area contributed by atoms with Crippen LogP contribution >= 0.6 is 23.2 Å². The van der Waals surface area contributed by atoms with E-state index in [0.717, 1.165) is 12.8 Å². The molecule has 3 heterocycles. The summed E-state index contributed by atoms with van der Waals surface area (Å²) in [5, 5.41) is 3.43. The summed E-state index contributed by atoms with van der Waals surface area (Å²) in [6, 6.07) is 14.9. The average Bonchev–Trinajstić information content (AvgIpc) is 3.59. The summed E-state index contributed by atoms with van der Waals surface area (Å²) in [7, 11) is 0. The van der Waals surface area contributed by atoms with Gasteiger partial charge in [-0.05, 0) is 80.1 Å². The van der Waals surface area contributed by atoms with Gasteiger partial charge in [0, 0.05) is 47.0 Å². The van der Waals surface area contributed by atoms with E-state index in [9.17, 15) is 14.4 Å². The van der Waals surface area contributed by atoms with Crippen molar-refractivity contribution in [1.82, 2.24) is 4.90 Å². The summed E-state index contributed by atoms with van der Waals surface area (Å²) < 4.78 is 21.2. The van der Waals surface area contributed by atoms with Crippen LogP contribution in [-0.2, 0) is 19.9 Å². The number of likely N-dealkylation sites (tertiary alicyclic amines) is 1. The molecule has 10 heteroatoms. The molecular formula is C33H30Cl2FN3O4. The second kappa shape index (κ2) is 10.3. The van der Waals surface area contributed by atoms with E-state index >= 15 is 4.39 Å². The van der Waals surface area contributed by atoms with Crippen LogP contribution in [-0.4, -0.2) is 48.4 Å². The van der Waals surface area contributed by atoms with E-state index in [1.807, 2.05) is 6.07 Å². The summed E-state index contributed by atoms with van der Waals surface area (Å²) in [5.74, 6) is -2.75. The Bertz CT molecular complexity index is 1690. The molecule has 1 spiro atoms. The number of hydrogen-bond donors (Lipinski definition) is 1. The van der Waals surface area contributed by atoms with E-state index in [1.165, 1.54) is 6.07 Å². The van der Waals surface area contributed by atoms with Gasteiger partial charge >= 0.3 is 5.97 Å². The van der Waals surface area contributed by atoms with E-state index in [2.05, 4.69) is 10.2 Å². The van der Waals surface area contributed by atoms with Gasteiger partial charge < -0.3 is 15.0 Å². The lowest BCUT2D eigenvalue weighted by atomic mass is 9.71. The third-order valence-electron chi connectivity index (χ3n) is 9.47. The zero-order valence-electron chi connectivity index (χ0n) is 23.7. The number of carbonyl (C=O) groups excluding carboxylic acids is 3. The number of hydrogen-bond acceptors (Lipinski definition) is 5. The first kappa shape index (κ1) is 28.3. The molecule has 4 atom stereocenters. The third-order valence-corrected chi connectivity index (χ3v) is 10.00. The molecule has 1 saturated carbocycles. The van der Waals surface area contributed by atoms with Crippen LogP contribution < -0.4 is 10.2 Å². The van der Waals surface area contributed by atoms with Crippen molar-refractivity contribution >= 4 is 52.4 Å². The number of nitrogens with one attached hydrogen (secondary N) is 1. The minimum atomic E-state index is -1.32. The van der Waals surface area contributed by atoms with Crippen LogP contribution in [0.4, 0.5) is 15.8 Å². The van der Waals surface area contributed by atoms with Crippen LogP contribution in [0.2, 0.25) is 10.0 Å². The largest absolute Gasteiger partial charge is 0.462 e. The summed E-state index contributed by atoms with van der Waals surface area (Å²) in [4.78, 5) is 45.2. The molecule has 0 radical (unpaired) electrons. The van der Waals surface area contributed by atoms with Crippen molar-refractivity contribution < 1.29 is 23.5 Å². The first-order valence-corrected chi connectivity index (χ1v) is 15.3. The molecule has 2 saturated heterocycles. The molecule has 3 aromatic rings. The molecule has 7 rings (SSSR count). The van der Waals surface area contributed by atoms with Crippen molar-refractivity contribution in [1.29, 1.82) is 0 Å². The smallest absolute Gasteiger partial charge is 0.338 e. The highest BCUT2D eigenvalue weighted by atomic mass is 35.5. The fourth-order valence-corrected chi connectivity index (χ4v) is 7.86. The third kappa shape index (κ3) is 4.21. The quantitative estimate of drug-likeness (QED) is 0.327. The number of aryl methyl sites for hydroxylation is 1. The lowest BCUT2D eigenvalue weighted by Gasteiger charge is -2.41. The highest BCUT2D eigenvalue weighted by molar-refractivity contribution is 6.31. The van der Waals surface area contributed by atoms with Gasteiger partial charge in [0.2, 0.25) is 11.8 Å². The molecule has 0 unspecified atom stereocenters. The highest BCUT2D eigenvalue weighted by Crippen LogP contribution is 2.62. The van der Waals surface area contributed by atoms with Gasteiger partial charge in [-0.25, -0.2) is 9.18 Å². The number of ether oxygens (including phenoxy) is 1. The molecule has 1 N–H and O–H groups in total. The molecule has 4 aliphatic rings. The van der Waals surface area contributed by atoms with Crippen molar-refractivity contribution in [2.24, 2.45) is 11.8 Å². The van der Waals surface area contributed by atoms with Crippen molar-refractivity contribution in [3.63, 3.8) is 0 Å². The fourth-order valence-electron chi connectivity index (χ4n) is 7.50. The summed E-state index contributed by atoms with van der Waals surface area (Å²) >= 11 is 12.7. The predicted octanol–water partition coefficient (Wildman–Crippen LogP) is 6.31. The zero-order valence-corrected chi connectivity index (χ0v) is 25.2. The van der Waals surface area contributed by atoms with E-state index in [4.69, 9.17) is 27.9 Å². The maximum Gasteiger partial charge on any atom is 0.338 e. The molecule has 222 valence electrons. The molecule has 0 bridgehead atoms. The second-order valence-corrected chi connectivity index (χ2v) is 12.7. The Hall–Kier alpha value is -3.46. The summed E-state index contributed by atoms with van der Waals surface area (Å²) in [6.45, 7) is 4.72. The summed E-state index contributed by atoms with van der Waals surface area (Å²) in [5.41, 5.74) is 1.93. The van der Waals surface area contributed by atoms with Crippen LogP contribution in [0.15, 0.2) is 54.6 Å². The number of rotatable bonds is 6. The number of fused-ring (bicyclic) bond motifs is 3. The normalized spacial score (nSPS) is 26.2. The van der Waals surface area contributed by atoms with E-state index < -0.39 is 29.2 Å². The lowest BCUT2D eigenvalue weighted by molar-refractivity contribution is -0.128. The maximum absolute atomic E-state index is 16.0. The minimum Gasteiger partial charge on any atom is -0.462 e. The Balaban J connectivity index is 1.39. The number of nitrogens with zero attached hydrogens (tertiary/aromatic N) is 2. The lowest BCUT2D eigenvalue weighted by Crippen LogP contribution is -2.54. The Labute approximate surface area is 258 Å². The Kier molecular flexibility index (Phi) is 6.80. The van der Waals surface area contributed by atoms with Gasteiger partial charge in [0.15, 0.2) is 0 Å². The number of benzene rings is 3. The van der Waals surface area contributed by atoms with Gasteiger partial charge in [0.1, 0.15) is 11.4 Å². The Morgan fingerprint density at radius 3 is 2.63 bits per heavy atom. The van der Waals surface area contributed by atoms with Crippen molar-refractivity contribution in [2.75, 3.05) is 29.9 Å². The fraction of sp³-hybridized carbons (Fsp3) is 0.364. The van der Waals surface area contributed by atoms with Gasteiger partial charge in [0.05, 0.1) is 23.1 Å². The molecular weight excluding hydrogens is 592 g/mol. The molecule has 2 amide bonds. The van der Waals surface area contributed by atoms with Gasteiger partial charge in [-0.2, -0.15) is 0 Å². The maximum atomic E-state index is 16.0. The number of halogens is 3. The highest BCUT2D eigenvalue weighted by Gasteiger charge is 2.71. The number of carbonyl (C=O) groups is 3. The number of esters is 1. The van der Waals surface area contributed by atoms with Crippen LogP contribution in [0.1, 0.15) is 52.7 Å². The van der Waals surface area contributed by atoms with Crippen LogP contribution in [0.3, 0.4) is 0 Å². The van der Waals surface area contributed by atoms with E-state index in [0.29, 0.717) is 52.1 Å². The van der Waals surface area contributed by atoms with Gasteiger partial charge in [-0.3, -0.25) is 14.5 Å². The van der Waals surface area contributed by atoms with E-state index in [1.54, 1.807) is 61.2 Å². The SMILES string of the molecule is CCOC(=O)c1ccc(N2C[C@H]3[C@@H](C2=O)[C@H](c2cccc(Cl)c2F)[C@]2(C(=O)Nc4cc(Cl)ccc42)N3CC2CC2)cc1C. The van der Waals surface area contributed by atoms with Gasteiger partial charge in [-0.15, -0.1) is 0 Å². The molecule has 3 aromatic carbocycles. The molecule has 1 aliphatic carbocycles. The van der Waals surface area contributed by atoms with Gasteiger partial charge in [0.25, 0.3) is 0 Å². The van der Waals surface area contributed by atoms with Crippen molar-refractivity contribution in [2.45, 2.75) is 44.2 Å². The van der Waals surface area contributed by atoms with Crippen LogP contribution in [0.5, 0.6) is 0 Å². The van der Waals surface area contributed by atoms with Crippen molar-refractivity contribution in [3.05, 3.63) is 92.7 Å². The number of amides is 2. The zero-order chi connectivity index (χ0) is 30.2. The molecule has 3 aliphatic heterocycles. The molecule has 7 nitrogen and oxygen atoms in total. The molecule has 43 heavy (non-hydrogen) atoms. The topological polar surface area (TPSA) is 78.9 Å². The first-order chi connectivity index (χ1) is 20.7. The average molecular weight is 623 g/mol. The van der Waals surface area contributed by atoms with Crippen LogP contribution in [0.25, 0.3) is 0 Å². The van der Waals surface area contributed by atoms with Crippen molar-refractivity contribution in [3.8, 4) is 0 Å². The monoisotopic (exact) mass is 621 g/mol. The van der Waals surface area contributed by atoms with Crippen LogP contribution in [0, 0.1) is 24.6 Å². The minimum absolute atomic E-state index is 0.0629. The number of anilines is 2. The first-order valence-electron chi connectivity index (χ1n) is 14.6. The molecule has 3 fully saturated rings. The Morgan fingerprint density at radius 1 is 1.12 bits per heavy atom. The second-order valence-electron chi connectivity index (χ2n) is 11.9. The Morgan fingerprint density at radius 2 is 1.91 bits per heavy atom. The predicted molar refractivity (Wildman–Crippen MR) is 162 cm³/mol. The molecule has 0 aromatic heterocycles. The summed E-state index contributed by atoms with van der Waals surface area (Å²) in [6.07, 6.45) is 2.06. The van der Waals surface area contributed by atoms with E-state index in [-0.39, 0.29) is 35.0 Å².